The molecular formula is C21H18ClF3N2O2. The second kappa shape index (κ2) is 9.99. The minimum atomic E-state index is -4.54. The molecule has 1 N–H and O–H groups in total. The summed E-state index contributed by atoms with van der Waals surface area (Å²) in [4.78, 5) is 12.4. The summed E-state index contributed by atoms with van der Waals surface area (Å²) in [6.45, 7) is 2.47. The summed E-state index contributed by atoms with van der Waals surface area (Å²) in [5.74, 6) is -0.395. The molecule has 0 radical (unpaired) electrons. The van der Waals surface area contributed by atoms with Gasteiger partial charge in [0.25, 0.3) is 5.91 Å². The molecule has 152 valence electrons. The smallest absolute Gasteiger partial charge is 0.416 e. The number of hydrogen-bond acceptors (Lipinski definition) is 3. The van der Waals surface area contributed by atoms with Gasteiger partial charge in [-0.25, -0.2) is 0 Å². The van der Waals surface area contributed by atoms with E-state index in [1.165, 1.54) is 24.3 Å². The van der Waals surface area contributed by atoms with Crippen LogP contribution in [0.15, 0.2) is 48.0 Å². The second-order valence-corrected chi connectivity index (χ2v) is 6.52. The molecule has 1 amide bonds. The maximum atomic E-state index is 12.8. The number of amides is 1. The van der Waals surface area contributed by atoms with Crippen molar-refractivity contribution in [1.82, 2.24) is 0 Å². The Morgan fingerprint density at radius 3 is 2.69 bits per heavy atom. The van der Waals surface area contributed by atoms with Crippen LogP contribution in [0.4, 0.5) is 18.9 Å². The molecular weight excluding hydrogens is 405 g/mol. The largest absolute Gasteiger partial charge is 0.493 e. The van der Waals surface area contributed by atoms with E-state index in [1.807, 2.05) is 6.92 Å². The zero-order valence-electron chi connectivity index (χ0n) is 15.5. The summed E-state index contributed by atoms with van der Waals surface area (Å²) in [6, 6.07) is 10.7. The summed E-state index contributed by atoms with van der Waals surface area (Å²) >= 11 is 6.00. The Kier molecular flexibility index (Phi) is 7.68. The fraction of sp³-hybridized carbons (Fsp3) is 0.238. The molecule has 0 spiro atoms. The summed E-state index contributed by atoms with van der Waals surface area (Å²) in [6.07, 6.45) is -1.50. The third-order valence-corrected chi connectivity index (χ3v) is 4.08. The molecule has 0 saturated heterocycles. The van der Waals surface area contributed by atoms with Crippen molar-refractivity contribution < 1.29 is 22.7 Å². The van der Waals surface area contributed by atoms with Crippen LogP contribution < -0.4 is 10.1 Å². The normalized spacial score (nSPS) is 11.7. The standard InChI is InChI=1S/C21H18ClF3N2O2/c1-2-3-9-29-19-8-7-17(22)11-14(19)10-15(13-26)20(28)27-18-6-4-5-16(12-18)21(23,24)25/h4-8,10-12H,2-3,9H2,1H3,(H,27,28)/b15-10+. The first-order chi connectivity index (χ1) is 13.7. The molecule has 0 fully saturated rings. The first kappa shape index (κ1) is 22.3. The van der Waals surface area contributed by atoms with Crippen molar-refractivity contribution in [2.24, 2.45) is 0 Å². The maximum absolute atomic E-state index is 12.8. The molecule has 0 heterocycles. The molecule has 0 atom stereocenters. The number of hydrogen-bond donors (Lipinski definition) is 1. The molecule has 0 aliphatic rings. The van der Waals surface area contributed by atoms with Gasteiger partial charge in [0.2, 0.25) is 0 Å². The molecule has 2 aromatic carbocycles. The number of ether oxygens (including phenoxy) is 1. The number of nitrogens with one attached hydrogen (secondary N) is 1. The first-order valence-corrected chi connectivity index (χ1v) is 9.15. The topological polar surface area (TPSA) is 62.1 Å². The quantitative estimate of drug-likeness (QED) is 0.334. The van der Waals surface area contributed by atoms with Crippen molar-refractivity contribution in [1.29, 1.82) is 5.26 Å². The molecule has 2 rings (SSSR count). The molecule has 0 aliphatic carbocycles. The van der Waals surface area contributed by atoms with Gasteiger partial charge in [-0.05, 0) is 48.9 Å². The van der Waals surface area contributed by atoms with Crippen LogP contribution in [-0.2, 0) is 11.0 Å². The van der Waals surface area contributed by atoms with Crippen LogP contribution in [0.1, 0.15) is 30.9 Å². The maximum Gasteiger partial charge on any atom is 0.416 e. The van der Waals surface area contributed by atoms with E-state index < -0.39 is 17.6 Å². The predicted molar refractivity (Wildman–Crippen MR) is 106 cm³/mol. The number of unbranched alkanes of at least 4 members (excludes halogenated alkanes) is 1. The van der Waals surface area contributed by atoms with Gasteiger partial charge in [-0.2, -0.15) is 18.4 Å². The van der Waals surface area contributed by atoms with Crippen molar-refractivity contribution in [3.8, 4) is 11.8 Å². The molecule has 0 saturated carbocycles. The highest BCUT2D eigenvalue weighted by Crippen LogP contribution is 2.31. The molecule has 0 aromatic heterocycles. The molecule has 0 aliphatic heterocycles. The number of alkyl halides is 3. The lowest BCUT2D eigenvalue weighted by Gasteiger charge is -2.11. The van der Waals surface area contributed by atoms with Crippen molar-refractivity contribution >= 4 is 29.3 Å². The number of halogens is 4. The molecule has 29 heavy (non-hydrogen) atoms. The lowest BCUT2D eigenvalue weighted by atomic mass is 10.1. The number of anilines is 1. The Morgan fingerprint density at radius 2 is 2.03 bits per heavy atom. The number of nitriles is 1. The Morgan fingerprint density at radius 1 is 1.28 bits per heavy atom. The van der Waals surface area contributed by atoms with Gasteiger partial charge in [0, 0.05) is 16.3 Å². The van der Waals surface area contributed by atoms with E-state index in [0.29, 0.717) is 22.9 Å². The van der Waals surface area contributed by atoms with E-state index in [1.54, 1.807) is 18.2 Å². The van der Waals surface area contributed by atoms with Gasteiger partial charge in [-0.15, -0.1) is 0 Å². The second-order valence-electron chi connectivity index (χ2n) is 6.09. The fourth-order valence-electron chi connectivity index (χ4n) is 2.37. The highest BCUT2D eigenvalue weighted by molar-refractivity contribution is 6.30. The SMILES string of the molecule is CCCCOc1ccc(Cl)cc1/C=C(\C#N)C(=O)Nc1cccc(C(F)(F)F)c1. The summed E-state index contributed by atoms with van der Waals surface area (Å²) in [7, 11) is 0. The van der Waals surface area contributed by atoms with Crippen LogP contribution >= 0.6 is 11.6 Å². The van der Waals surface area contributed by atoms with Crippen LogP contribution in [0, 0.1) is 11.3 Å². The van der Waals surface area contributed by atoms with Crippen molar-refractivity contribution in [2.45, 2.75) is 25.9 Å². The van der Waals surface area contributed by atoms with Gasteiger partial charge in [-0.1, -0.05) is 31.0 Å². The van der Waals surface area contributed by atoms with Crippen molar-refractivity contribution in [2.75, 3.05) is 11.9 Å². The van der Waals surface area contributed by atoms with Gasteiger partial charge >= 0.3 is 6.18 Å². The highest BCUT2D eigenvalue weighted by Gasteiger charge is 2.30. The molecule has 2 aromatic rings. The Balaban J connectivity index is 2.27. The minimum Gasteiger partial charge on any atom is -0.493 e. The van der Waals surface area contributed by atoms with Gasteiger partial charge in [0.1, 0.15) is 17.4 Å². The number of rotatable bonds is 7. The number of carbonyl (C=O) groups is 1. The van der Waals surface area contributed by atoms with Gasteiger partial charge in [0.15, 0.2) is 0 Å². The molecule has 0 bridgehead atoms. The zero-order valence-corrected chi connectivity index (χ0v) is 16.3. The van der Waals surface area contributed by atoms with Crippen molar-refractivity contribution in [3.05, 3.63) is 64.2 Å². The average molecular weight is 423 g/mol. The van der Waals surface area contributed by atoms with Crippen LogP contribution in [0.2, 0.25) is 5.02 Å². The number of nitrogens with zero attached hydrogens (tertiary/aromatic N) is 1. The van der Waals surface area contributed by atoms with Crippen LogP contribution in [-0.4, -0.2) is 12.5 Å². The Labute approximate surface area is 171 Å². The summed E-state index contributed by atoms with van der Waals surface area (Å²) in [5.41, 5.74) is -0.856. The molecule has 0 unspecified atom stereocenters. The average Bonchev–Trinajstić information content (AvgIpc) is 2.67. The monoisotopic (exact) mass is 422 g/mol. The molecule has 8 heteroatoms. The summed E-state index contributed by atoms with van der Waals surface area (Å²) in [5, 5.41) is 12.1. The molecule has 4 nitrogen and oxygen atoms in total. The van der Waals surface area contributed by atoms with E-state index in [0.717, 1.165) is 25.0 Å². The van der Waals surface area contributed by atoms with Crippen LogP contribution in [0.5, 0.6) is 5.75 Å². The van der Waals surface area contributed by atoms with E-state index in [2.05, 4.69) is 5.32 Å². The van der Waals surface area contributed by atoms with Crippen molar-refractivity contribution in [3.63, 3.8) is 0 Å². The van der Waals surface area contributed by atoms with E-state index >= 15 is 0 Å². The third kappa shape index (κ3) is 6.54. The lowest BCUT2D eigenvalue weighted by molar-refractivity contribution is -0.137. The Bertz CT molecular complexity index is 950. The van der Waals surface area contributed by atoms with Crippen LogP contribution in [0.3, 0.4) is 0 Å². The highest BCUT2D eigenvalue weighted by atomic mass is 35.5. The minimum absolute atomic E-state index is 0.0727. The first-order valence-electron chi connectivity index (χ1n) is 8.77. The zero-order chi connectivity index (χ0) is 21.4. The lowest BCUT2D eigenvalue weighted by Crippen LogP contribution is -2.14. The summed E-state index contributed by atoms with van der Waals surface area (Å²) < 4.78 is 44.1. The van der Waals surface area contributed by atoms with E-state index in [4.69, 9.17) is 16.3 Å². The van der Waals surface area contributed by atoms with Crippen LogP contribution in [0.25, 0.3) is 6.08 Å². The number of carbonyl (C=O) groups excluding carboxylic acids is 1. The van der Waals surface area contributed by atoms with E-state index in [9.17, 15) is 23.2 Å². The predicted octanol–water partition coefficient (Wildman–Crippen LogP) is 6.08. The Hall–Kier alpha value is -2.98. The van der Waals surface area contributed by atoms with Gasteiger partial charge in [-0.3, -0.25) is 4.79 Å². The van der Waals surface area contributed by atoms with Gasteiger partial charge < -0.3 is 10.1 Å². The van der Waals surface area contributed by atoms with E-state index in [-0.39, 0.29) is 11.3 Å². The number of benzene rings is 2. The van der Waals surface area contributed by atoms with Gasteiger partial charge in [0.05, 0.1) is 12.2 Å². The fourth-order valence-corrected chi connectivity index (χ4v) is 2.55. The third-order valence-electron chi connectivity index (χ3n) is 3.84.